The van der Waals surface area contributed by atoms with Gasteiger partial charge < -0.3 is 4.90 Å². The van der Waals surface area contributed by atoms with E-state index < -0.39 is 5.41 Å². The van der Waals surface area contributed by atoms with Gasteiger partial charge in [0.05, 0.1) is 12.0 Å². The SMILES string of the molecule is O=C(C[C@]1(c2ccccc2)CC(=O)N(Cc2cccs2)C1=O)N1CCSCC1. The van der Waals surface area contributed by atoms with Crippen molar-refractivity contribution in [3.8, 4) is 0 Å². The lowest BCUT2D eigenvalue weighted by molar-refractivity contribution is -0.143. The third-order valence-electron chi connectivity index (χ3n) is 5.45. The van der Waals surface area contributed by atoms with Crippen LogP contribution in [0.15, 0.2) is 47.8 Å². The highest BCUT2D eigenvalue weighted by molar-refractivity contribution is 7.99. The van der Waals surface area contributed by atoms with E-state index >= 15 is 0 Å². The van der Waals surface area contributed by atoms with Gasteiger partial charge in [0.25, 0.3) is 0 Å². The molecule has 0 spiro atoms. The molecule has 3 heterocycles. The van der Waals surface area contributed by atoms with Gasteiger partial charge in [-0.05, 0) is 17.0 Å². The number of thiophene rings is 1. The average molecular weight is 415 g/mol. The number of thioether (sulfide) groups is 1. The lowest BCUT2D eigenvalue weighted by atomic mass is 9.75. The summed E-state index contributed by atoms with van der Waals surface area (Å²) in [6.45, 7) is 1.68. The van der Waals surface area contributed by atoms with Crippen molar-refractivity contribution >= 4 is 40.8 Å². The molecule has 3 amide bonds. The number of benzene rings is 1. The second-order valence-electron chi connectivity index (χ2n) is 7.16. The summed E-state index contributed by atoms with van der Waals surface area (Å²) in [7, 11) is 0. The fourth-order valence-corrected chi connectivity index (χ4v) is 5.52. The lowest BCUT2D eigenvalue weighted by Crippen LogP contribution is -2.45. The molecule has 146 valence electrons. The van der Waals surface area contributed by atoms with Gasteiger partial charge in [-0.2, -0.15) is 11.8 Å². The number of carbonyl (C=O) groups is 3. The molecule has 4 rings (SSSR count). The van der Waals surface area contributed by atoms with E-state index in [0.717, 1.165) is 21.9 Å². The quantitative estimate of drug-likeness (QED) is 0.706. The van der Waals surface area contributed by atoms with E-state index in [-0.39, 0.29) is 37.1 Å². The number of hydrogen-bond acceptors (Lipinski definition) is 5. The first kappa shape index (κ1) is 19.2. The van der Waals surface area contributed by atoms with Gasteiger partial charge >= 0.3 is 0 Å². The number of nitrogens with zero attached hydrogens (tertiary/aromatic N) is 2. The predicted octanol–water partition coefficient (Wildman–Crippen LogP) is 2.91. The third kappa shape index (κ3) is 3.61. The van der Waals surface area contributed by atoms with Crippen molar-refractivity contribution in [2.75, 3.05) is 24.6 Å². The van der Waals surface area contributed by atoms with Crippen LogP contribution in [0.25, 0.3) is 0 Å². The molecule has 1 atom stereocenters. The van der Waals surface area contributed by atoms with Gasteiger partial charge in [-0.3, -0.25) is 19.3 Å². The second-order valence-corrected chi connectivity index (χ2v) is 9.42. The molecule has 0 saturated carbocycles. The zero-order valence-electron chi connectivity index (χ0n) is 15.5. The van der Waals surface area contributed by atoms with Gasteiger partial charge in [0.2, 0.25) is 17.7 Å². The van der Waals surface area contributed by atoms with E-state index in [1.54, 1.807) is 0 Å². The summed E-state index contributed by atoms with van der Waals surface area (Å²) >= 11 is 3.36. The predicted molar refractivity (Wildman–Crippen MR) is 111 cm³/mol. The summed E-state index contributed by atoms with van der Waals surface area (Å²) in [6.07, 6.45) is 0.0999. The Kier molecular flexibility index (Phi) is 5.55. The number of likely N-dealkylation sites (tertiary alicyclic amines) is 1. The largest absolute Gasteiger partial charge is 0.341 e. The Morgan fingerprint density at radius 3 is 2.46 bits per heavy atom. The Morgan fingerprint density at radius 1 is 1.04 bits per heavy atom. The van der Waals surface area contributed by atoms with Crippen molar-refractivity contribution in [3.05, 3.63) is 58.3 Å². The molecular formula is C21H22N2O3S2. The summed E-state index contributed by atoms with van der Waals surface area (Å²) in [5, 5.41) is 1.93. The number of rotatable bonds is 5. The molecule has 2 aromatic rings. The Bertz CT molecular complexity index is 863. The van der Waals surface area contributed by atoms with E-state index in [2.05, 4.69) is 0 Å². The van der Waals surface area contributed by atoms with E-state index in [0.29, 0.717) is 13.1 Å². The van der Waals surface area contributed by atoms with Gasteiger partial charge in [-0.1, -0.05) is 36.4 Å². The van der Waals surface area contributed by atoms with Crippen LogP contribution in [0.5, 0.6) is 0 Å². The summed E-state index contributed by atoms with van der Waals surface area (Å²) < 4.78 is 0. The number of hydrogen-bond donors (Lipinski definition) is 0. The Labute approximate surface area is 172 Å². The molecule has 0 N–H and O–H groups in total. The Hall–Kier alpha value is -2.12. The van der Waals surface area contributed by atoms with Crippen LogP contribution in [-0.2, 0) is 26.3 Å². The van der Waals surface area contributed by atoms with Crippen LogP contribution in [0.3, 0.4) is 0 Å². The van der Waals surface area contributed by atoms with Crippen LogP contribution in [-0.4, -0.2) is 52.1 Å². The molecule has 2 saturated heterocycles. The van der Waals surface area contributed by atoms with Crippen LogP contribution in [0.1, 0.15) is 23.3 Å². The summed E-state index contributed by atoms with van der Waals surface area (Å²) in [5.41, 5.74) is -0.348. The topological polar surface area (TPSA) is 57.7 Å². The molecule has 7 heteroatoms. The van der Waals surface area contributed by atoms with Crippen molar-refractivity contribution in [1.29, 1.82) is 0 Å². The minimum Gasteiger partial charge on any atom is -0.341 e. The first-order chi connectivity index (χ1) is 13.6. The van der Waals surface area contributed by atoms with Crippen LogP contribution in [0, 0.1) is 0 Å². The Morgan fingerprint density at radius 2 is 1.79 bits per heavy atom. The molecular weight excluding hydrogens is 392 g/mol. The minimum absolute atomic E-state index is 0.0386. The highest BCUT2D eigenvalue weighted by Gasteiger charge is 2.54. The lowest BCUT2D eigenvalue weighted by Gasteiger charge is -2.32. The molecule has 0 radical (unpaired) electrons. The number of carbonyl (C=O) groups excluding carboxylic acids is 3. The van der Waals surface area contributed by atoms with Crippen molar-refractivity contribution in [1.82, 2.24) is 9.80 Å². The van der Waals surface area contributed by atoms with Crippen molar-refractivity contribution in [3.63, 3.8) is 0 Å². The highest BCUT2D eigenvalue weighted by Crippen LogP contribution is 2.41. The van der Waals surface area contributed by atoms with Crippen molar-refractivity contribution in [2.45, 2.75) is 24.8 Å². The molecule has 2 aliphatic heterocycles. The van der Waals surface area contributed by atoms with Crippen molar-refractivity contribution < 1.29 is 14.4 Å². The smallest absolute Gasteiger partial charge is 0.241 e. The minimum atomic E-state index is -1.10. The van der Waals surface area contributed by atoms with Gasteiger partial charge in [-0.15, -0.1) is 11.3 Å². The fraction of sp³-hybridized carbons (Fsp3) is 0.381. The Balaban J connectivity index is 1.65. The zero-order chi connectivity index (χ0) is 19.6. The second kappa shape index (κ2) is 8.09. The van der Waals surface area contributed by atoms with Gasteiger partial charge in [0, 0.05) is 42.3 Å². The first-order valence-electron chi connectivity index (χ1n) is 9.38. The van der Waals surface area contributed by atoms with Crippen LogP contribution < -0.4 is 0 Å². The number of imide groups is 1. The maximum absolute atomic E-state index is 13.5. The summed E-state index contributed by atoms with van der Waals surface area (Å²) in [5.74, 6) is 1.34. The van der Waals surface area contributed by atoms with Crippen LogP contribution in [0.2, 0.25) is 0 Å². The average Bonchev–Trinajstić information content (AvgIpc) is 3.32. The maximum Gasteiger partial charge on any atom is 0.241 e. The van der Waals surface area contributed by atoms with E-state index in [1.807, 2.05) is 64.5 Å². The molecule has 1 aromatic heterocycles. The fourth-order valence-electron chi connectivity index (χ4n) is 3.92. The van der Waals surface area contributed by atoms with E-state index in [1.165, 1.54) is 16.2 Å². The molecule has 2 aliphatic rings. The molecule has 0 unspecified atom stereocenters. The number of amides is 3. The third-order valence-corrected chi connectivity index (χ3v) is 7.25. The molecule has 0 bridgehead atoms. The van der Waals surface area contributed by atoms with Crippen LogP contribution in [0.4, 0.5) is 0 Å². The summed E-state index contributed by atoms with van der Waals surface area (Å²) in [4.78, 5) is 43.5. The first-order valence-corrected chi connectivity index (χ1v) is 11.4. The standard InChI is InChI=1S/C21H22N2O3S2/c24-18(22-8-11-27-12-9-22)13-21(16-5-2-1-3-6-16)14-19(25)23(20(21)26)15-17-7-4-10-28-17/h1-7,10H,8-9,11-15H2/t21-/m1/s1. The molecule has 0 aliphatic carbocycles. The zero-order valence-corrected chi connectivity index (χ0v) is 17.1. The van der Waals surface area contributed by atoms with E-state index in [4.69, 9.17) is 0 Å². The summed E-state index contributed by atoms with van der Waals surface area (Å²) in [6, 6.07) is 13.2. The van der Waals surface area contributed by atoms with Crippen LogP contribution >= 0.6 is 23.1 Å². The van der Waals surface area contributed by atoms with Crippen molar-refractivity contribution in [2.24, 2.45) is 0 Å². The molecule has 5 nitrogen and oxygen atoms in total. The van der Waals surface area contributed by atoms with Gasteiger partial charge in [0.15, 0.2) is 0 Å². The molecule has 2 fully saturated rings. The highest BCUT2D eigenvalue weighted by atomic mass is 32.2. The molecule has 28 heavy (non-hydrogen) atoms. The monoisotopic (exact) mass is 414 g/mol. The van der Waals surface area contributed by atoms with E-state index in [9.17, 15) is 14.4 Å². The van der Waals surface area contributed by atoms with Gasteiger partial charge in [0.1, 0.15) is 0 Å². The van der Waals surface area contributed by atoms with Gasteiger partial charge in [-0.25, -0.2) is 0 Å². The molecule has 1 aromatic carbocycles. The maximum atomic E-state index is 13.5. The normalized spacial score (nSPS) is 22.7.